The van der Waals surface area contributed by atoms with E-state index in [0.29, 0.717) is 0 Å². The van der Waals surface area contributed by atoms with Gasteiger partial charge >= 0.3 is 12.0 Å². The van der Waals surface area contributed by atoms with Gasteiger partial charge in [-0.3, -0.25) is 10.1 Å². The first-order chi connectivity index (χ1) is 12.4. The third-order valence-corrected chi connectivity index (χ3v) is 3.42. The Hall–Kier alpha value is -3.42. The Labute approximate surface area is 149 Å². The van der Waals surface area contributed by atoms with Crippen LogP contribution < -0.4 is 16.4 Å². The minimum Gasteiger partial charge on any atom is -0.449 e. The van der Waals surface area contributed by atoms with Crippen molar-refractivity contribution in [2.75, 3.05) is 5.73 Å². The van der Waals surface area contributed by atoms with Crippen molar-refractivity contribution in [1.29, 1.82) is 0 Å². The van der Waals surface area contributed by atoms with E-state index < -0.39 is 29.8 Å². The molecule has 1 unspecified atom stereocenters. The summed E-state index contributed by atoms with van der Waals surface area (Å²) in [6, 6.07) is 11.6. The SMILES string of the molecule is CC(OC(=O)c1ccc(F)cc1N)C(=O)NC(=O)NCc1ccccc1. The summed E-state index contributed by atoms with van der Waals surface area (Å²) in [5.74, 6) is -2.29. The molecule has 0 heterocycles. The smallest absolute Gasteiger partial charge is 0.341 e. The van der Waals surface area contributed by atoms with Gasteiger partial charge in [0.15, 0.2) is 6.10 Å². The highest BCUT2D eigenvalue weighted by molar-refractivity contribution is 6.00. The minimum atomic E-state index is -1.24. The highest BCUT2D eigenvalue weighted by Gasteiger charge is 2.22. The number of rotatable bonds is 5. The molecule has 2 aromatic carbocycles. The molecule has 0 aliphatic rings. The molecule has 0 fully saturated rings. The molecule has 0 saturated heterocycles. The number of halogens is 1. The van der Waals surface area contributed by atoms with E-state index in [-0.39, 0.29) is 17.8 Å². The lowest BCUT2D eigenvalue weighted by atomic mass is 10.2. The minimum absolute atomic E-state index is 0.0698. The Kier molecular flexibility index (Phi) is 6.26. The fraction of sp³-hybridized carbons (Fsp3) is 0.167. The molecule has 0 saturated carbocycles. The van der Waals surface area contributed by atoms with Gasteiger partial charge < -0.3 is 15.8 Å². The van der Waals surface area contributed by atoms with Crippen LogP contribution in [0.4, 0.5) is 14.9 Å². The van der Waals surface area contributed by atoms with Gasteiger partial charge in [0, 0.05) is 12.2 Å². The summed E-state index contributed by atoms with van der Waals surface area (Å²) in [6.07, 6.45) is -1.24. The summed E-state index contributed by atoms with van der Waals surface area (Å²) in [4.78, 5) is 35.6. The molecule has 0 aromatic heterocycles. The number of ether oxygens (including phenoxy) is 1. The number of nitrogens with one attached hydrogen (secondary N) is 2. The van der Waals surface area contributed by atoms with Gasteiger partial charge in [0.05, 0.1) is 5.56 Å². The standard InChI is InChI=1S/C18H18FN3O4/c1-11(26-17(24)14-8-7-13(19)9-15(14)20)16(23)22-18(25)21-10-12-5-3-2-4-6-12/h2-9,11H,10,20H2,1H3,(H2,21,22,23,25). The van der Waals surface area contributed by atoms with E-state index in [4.69, 9.17) is 10.5 Å². The van der Waals surface area contributed by atoms with Crippen molar-refractivity contribution in [2.45, 2.75) is 19.6 Å². The molecule has 2 rings (SSSR count). The Morgan fingerprint density at radius 2 is 1.85 bits per heavy atom. The largest absolute Gasteiger partial charge is 0.449 e. The Balaban J connectivity index is 1.84. The van der Waals surface area contributed by atoms with Crippen LogP contribution in [0, 0.1) is 5.82 Å². The summed E-state index contributed by atoms with van der Waals surface area (Å²) < 4.78 is 17.9. The monoisotopic (exact) mass is 359 g/mol. The lowest BCUT2D eigenvalue weighted by Crippen LogP contribution is -2.44. The predicted molar refractivity (Wildman–Crippen MR) is 92.5 cm³/mol. The van der Waals surface area contributed by atoms with Crippen molar-refractivity contribution >= 4 is 23.6 Å². The van der Waals surface area contributed by atoms with E-state index in [9.17, 15) is 18.8 Å². The normalized spacial score (nSPS) is 11.3. The highest BCUT2D eigenvalue weighted by Crippen LogP contribution is 2.15. The molecule has 0 aliphatic carbocycles. The second-order valence-corrected chi connectivity index (χ2v) is 5.44. The van der Waals surface area contributed by atoms with Gasteiger partial charge in [-0.2, -0.15) is 0 Å². The molecule has 0 spiro atoms. The number of amides is 3. The van der Waals surface area contributed by atoms with Gasteiger partial charge in [-0.25, -0.2) is 14.0 Å². The molecular formula is C18H18FN3O4. The van der Waals surface area contributed by atoms with E-state index in [2.05, 4.69) is 10.6 Å². The van der Waals surface area contributed by atoms with Crippen molar-refractivity contribution in [2.24, 2.45) is 0 Å². The van der Waals surface area contributed by atoms with Crippen LogP contribution in [0.25, 0.3) is 0 Å². The average Bonchev–Trinajstić information content (AvgIpc) is 2.60. The van der Waals surface area contributed by atoms with Gasteiger partial charge in [-0.1, -0.05) is 30.3 Å². The summed E-state index contributed by atoms with van der Waals surface area (Å²) in [5.41, 5.74) is 6.23. The lowest BCUT2D eigenvalue weighted by molar-refractivity contribution is -0.127. The molecule has 4 N–H and O–H groups in total. The van der Waals surface area contributed by atoms with E-state index >= 15 is 0 Å². The first kappa shape index (κ1) is 18.9. The Bertz CT molecular complexity index is 811. The lowest BCUT2D eigenvalue weighted by Gasteiger charge is -2.14. The summed E-state index contributed by atoms with van der Waals surface area (Å²) >= 11 is 0. The first-order valence-corrected chi connectivity index (χ1v) is 7.75. The number of nitrogens with two attached hydrogens (primary N) is 1. The number of anilines is 1. The van der Waals surface area contributed by atoms with Crippen LogP contribution in [-0.4, -0.2) is 24.0 Å². The number of hydrogen-bond donors (Lipinski definition) is 3. The predicted octanol–water partition coefficient (Wildman–Crippen LogP) is 1.98. The summed E-state index contributed by atoms with van der Waals surface area (Å²) in [7, 11) is 0. The molecule has 7 nitrogen and oxygen atoms in total. The van der Waals surface area contributed by atoms with E-state index in [1.54, 1.807) is 0 Å². The molecule has 3 amide bonds. The number of urea groups is 1. The molecular weight excluding hydrogens is 341 g/mol. The van der Waals surface area contributed by atoms with E-state index in [1.165, 1.54) is 6.92 Å². The summed E-state index contributed by atoms with van der Waals surface area (Å²) in [6.45, 7) is 1.54. The quantitative estimate of drug-likeness (QED) is 0.558. The average molecular weight is 359 g/mol. The number of esters is 1. The molecule has 2 aromatic rings. The van der Waals surface area contributed by atoms with Crippen LogP contribution in [0.2, 0.25) is 0 Å². The molecule has 8 heteroatoms. The second kappa shape index (κ2) is 8.61. The molecule has 0 bridgehead atoms. The number of carbonyl (C=O) groups excluding carboxylic acids is 3. The Morgan fingerprint density at radius 3 is 2.50 bits per heavy atom. The zero-order chi connectivity index (χ0) is 19.1. The van der Waals surface area contributed by atoms with Gasteiger partial charge in [-0.15, -0.1) is 0 Å². The number of benzene rings is 2. The number of carbonyl (C=O) groups is 3. The van der Waals surface area contributed by atoms with Crippen LogP contribution in [0.15, 0.2) is 48.5 Å². The third kappa shape index (κ3) is 5.30. The van der Waals surface area contributed by atoms with Crippen molar-refractivity contribution in [3.8, 4) is 0 Å². The zero-order valence-electron chi connectivity index (χ0n) is 14.0. The maximum absolute atomic E-state index is 13.0. The van der Waals surface area contributed by atoms with Crippen LogP contribution >= 0.6 is 0 Å². The molecule has 0 radical (unpaired) electrons. The second-order valence-electron chi connectivity index (χ2n) is 5.44. The number of hydrogen-bond acceptors (Lipinski definition) is 5. The Morgan fingerprint density at radius 1 is 1.15 bits per heavy atom. The van der Waals surface area contributed by atoms with Crippen LogP contribution in [-0.2, 0) is 16.1 Å². The molecule has 26 heavy (non-hydrogen) atoms. The molecule has 0 aliphatic heterocycles. The van der Waals surface area contributed by atoms with Crippen LogP contribution in [0.5, 0.6) is 0 Å². The van der Waals surface area contributed by atoms with Crippen molar-refractivity contribution in [3.05, 3.63) is 65.5 Å². The van der Waals surface area contributed by atoms with Crippen LogP contribution in [0.1, 0.15) is 22.8 Å². The van der Waals surface area contributed by atoms with Crippen molar-refractivity contribution < 1.29 is 23.5 Å². The van der Waals surface area contributed by atoms with Crippen LogP contribution in [0.3, 0.4) is 0 Å². The van der Waals surface area contributed by atoms with E-state index in [0.717, 1.165) is 23.8 Å². The molecule has 1 atom stereocenters. The molecule has 136 valence electrons. The topological polar surface area (TPSA) is 111 Å². The maximum Gasteiger partial charge on any atom is 0.341 e. The first-order valence-electron chi connectivity index (χ1n) is 7.75. The van der Waals surface area contributed by atoms with E-state index in [1.807, 2.05) is 30.3 Å². The van der Waals surface area contributed by atoms with Gasteiger partial charge in [0.2, 0.25) is 0 Å². The summed E-state index contributed by atoms with van der Waals surface area (Å²) in [5, 5.41) is 4.59. The fourth-order valence-electron chi connectivity index (χ4n) is 2.03. The maximum atomic E-state index is 13.0. The number of imide groups is 1. The van der Waals surface area contributed by atoms with Gasteiger partial charge in [0.1, 0.15) is 5.82 Å². The van der Waals surface area contributed by atoms with Crippen molar-refractivity contribution in [1.82, 2.24) is 10.6 Å². The number of nitrogen functional groups attached to an aromatic ring is 1. The van der Waals surface area contributed by atoms with Crippen molar-refractivity contribution in [3.63, 3.8) is 0 Å². The van der Waals surface area contributed by atoms with Gasteiger partial charge in [0.25, 0.3) is 5.91 Å². The van der Waals surface area contributed by atoms with Gasteiger partial charge in [-0.05, 0) is 30.7 Å². The third-order valence-electron chi connectivity index (χ3n) is 3.42. The zero-order valence-corrected chi connectivity index (χ0v) is 14.0. The fourth-order valence-corrected chi connectivity index (χ4v) is 2.03. The highest BCUT2D eigenvalue weighted by atomic mass is 19.1.